The normalized spacial score (nSPS) is 21.6. The van der Waals surface area contributed by atoms with E-state index in [9.17, 15) is 0 Å². The Hall–Kier alpha value is -1.30. The fourth-order valence-corrected chi connectivity index (χ4v) is 2.32. The fraction of sp³-hybridized carbons (Fsp3) is 0.500. The highest BCUT2D eigenvalue weighted by Gasteiger charge is 2.32. The second kappa shape index (κ2) is 6.04. The number of benzene rings is 1. The first kappa shape index (κ1) is 13.1. The number of aliphatic hydroxyl groups is 1. The predicted molar refractivity (Wildman–Crippen MR) is 74.0 cm³/mol. The van der Waals surface area contributed by atoms with Crippen LogP contribution in [-0.4, -0.2) is 30.2 Å². The maximum atomic E-state index is 8.69. The van der Waals surface area contributed by atoms with Crippen molar-refractivity contribution in [3.63, 3.8) is 0 Å². The number of hydrogen-bond donors (Lipinski definition) is 1. The van der Waals surface area contributed by atoms with Crippen molar-refractivity contribution >= 4 is 0 Å². The SMILES string of the molecule is CC1CC1CN(C)Cc1cccc(C#CCO)c1. The average Bonchev–Trinajstić information content (AvgIpc) is 3.02. The molecule has 1 aromatic carbocycles. The molecule has 1 saturated carbocycles. The lowest BCUT2D eigenvalue weighted by Crippen LogP contribution is -2.20. The minimum Gasteiger partial charge on any atom is -0.384 e. The van der Waals surface area contributed by atoms with Crippen LogP contribution in [0.1, 0.15) is 24.5 Å². The Kier molecular flexibility index (Phi) is 4.41. The first-order valence-corrected chi connectivity index (χ1v) is 6.56. The molecular weight excluding hydrogens is 222 g/mol. The summed E-state index contributed by atoms with van der Waals surface area (Å²) in [7, 11) is 2.18. The molecule has 1 aromatic rings. The van der Waals surface area contributed by atoms with E-state index in [1.807, 2.05) is 12.1 Å². The summed E-state index contributed by atoms with van der Waals surface area (Å²) in [5.41, 5.74) is 2.27. The zero-order chi connectivity index (χ0) is 13.0. The molecule has 2 unspecified atom stereocenters. The van der Waals surface area contributed by atoms with E-state index in [-0.39, 0.29) is 6.61 Å². The lowest BCUT2D eigenvalue weighted by molar-refractivity contribution is 0.307. The van der Waals surface area contributed by atoms with Crippen LogP contribution in [0.4, 0.5) is 0 Å². The van der Waals surface area contributed by atoms with Crippen molar-refractivity contribution < 1.29 is 5.11 Å². The molecule has 96 valence electrons. The summed E-state index contributed by atoms with van der Waals surface area (Å²) in [4.78, 5) is 2.38. The molecule has 0 spiro atoms. The Labute approximate surface area is 110 Å². The Morgan fingerprint density at radius 1 is 1.44 bits per heavy atom. The van der Waals surface area contributed by atoms with Gasteiger partial charge in [-0.1, -0.05) is 30.9 Å². The summed E-state index contributed by atoms with van der Waals surface area (Å²) in [6.45, 7) is 4.40. The zero-order valence-corrected chi connectivity index (χ0v) is 11.2. The van der Waals surface area contributed by atoms with Crippen molar-refractivity contribution in [2.75, 3.05) is 20.2 Å². The Morgan fingerprint density at radius 3 is 2.89 bits per heavy atom. The molecule has 1 fully saturated rings. The van der Waals surface area contributed by atoms with E-state index in [2.05, 4.69) is 42.8 Å². The van der Waals surface area contributed by atoms with Gasteiger partial charge in [0.2, 0.25) is 0 Å². The third-order valence-corrected chi connectivity index (χ3v) is 3.51. The van der Waals surface area contributed by atoms with Crippen molar-refractivity contribution in [2.24, 2.45) is 11.8 Å². The third kappa shape index (κ3) is 3.87. The molecule has 1 aliphatic carbocycles. The van der Waals surface area contributed by atoms with Gasteiger partial charge in [-0.2, -0.15) is 0 Å². The molecule has 1 aliphatic rings. The summed E-state index contributed by atoms with van der Waals surface area (Å²) in [6, 6.07) is 8.26. The number of rotatable bonds is 4. The van der Waals surface area contributed by atoms with Gasteiger partial charge in [0.1, 0.15) is 6.61 Å². The quantitative estimate of drug-likeness (QED) is 0.819. The van der Waals surface area contributed by atoms with E-state index in [0.29, 0.717) is 0 Å². The van der Waals surface area contributed by atoms with Crippen molar-refractivity contribution in [1.82, 2.24) is 4.90 Å². The van der Waals surface area contributed by atoms with E-state index in [4.69, 9.17) is 5.11 Å². The molecule has 0 aliphatic heterocycles. The first-order valence-electron chi connectivity index (χ1n) is 6.56. The van der Waals surface area contributed by atoms with E-state index >= 15 is 0 Å². The molecule has 1 N–H and O–H groups in total. The molecule has 2 heteroatoms. The van der Waals surface area contributed by atoms with Crippen molar-refractivity contribution in [1.29, 1.82) is 0 Å². The average molecular weight is 243 g/mol. The van der Waals surface area contributed by atoms with E-state index < -0.39 is 0 Å². The minimum absolute atomic E-state index is 0.0797. The van der Waals surface area contributed by atoms with Gasteiger partial charge in [0.25, 0.3) is 0 Å². The Balaban J connectivity index is 1.91. The molecule has 0 radical (unpaired) electrons. The topological polar surface area (TPSA) is 23.5 Å². The highest BCUT2D eigenvalue weighted by molar-refractivity contribution is 5.37. The minimum atomic E-state index is -0.0797. The van der Waals surface area contributed by atoms with E-state index in [0.717, 1.165) is 23.9 Å². The Morgan fingerprint density at radius 2 is 2.22 bits per heavy atom. The second-order valence-electron chi connectivity index (χ2n) is 5.33. The van der Waals surface area contributed by atoms with E-state index in [1.54, 1.807) is 0 Å². The molecule has 0 aromatic heterocycles. The summed E-state index contributed by atoms with van der Waals surface area (Å²) < 4.78 is 0. The molecule has 0 amide bonds. The summed E-state index contributed by atoms with van der Waals surface area (Å²) in [5, 5.41) is 8.69. The van der Waals surface area contributed by atoms with E-state index in [1.165, 1.54) is 18.5 Å². The van der Waals surface area contributed by atoms with Crippen LogP contribution in [-0.2, 0) is 6.54 Å². The predicted octanol–water partition coefficient (Wildman–Crippen LogP) is 2.12. The van der Waals surface area contributed by atoms with Gasteiger partial charge in [0.15, 0.2) is 0 Å². The van der Waals surface area contributed by atoms with Crippen LogP contribution in [0.25, 0.3) is 0 Å². The van der Waals surface area contributed by atoms with Crippen LogP contribution >= 0.6 is 0 Å². The maximum absolute atomic E-state index is 8.69. The van der Waals surface area contributed by atoms with Crippen LogP contribution in [0.15, 0.2) is 24.3 Å². The summed E-state index contributed by atoms with van der Waals surface area (Å²) in [6.07, 6.45) is 1.38. The Bertz CT molecular complexity index is 458. The molecule has 2 atom stereocenters. The van der Waals surface area contributed by atoms with Gasteiger partial charge in [-0.15, -0.1) is 0 Å². The smallest absolute Gasteiger partial charge is 0.104 e. The molecule has 0 heterocycles. The summed E-state index contributed by atoms with van der Waals surface area (Å²) in [5.74, 6) is 7.44. The molecule has 0 saturated heterocycles. The highest BCUT2D eigenvalue weighted by atomic mass is 16.2. The van der Waals surface area contributed by atoms with Crippen LogP contribution < -0.4 is 0 Å². The number of nitrogens with zero attached hydrogens (tertiary/aromatic N) is 1. The standard InChI is InChI=1S/C16H21NO/c1-13-9-16(13)12-17(2)11-15-6-3-5-14(10-15)7-4-8-18/h3,5-6,10,13,16,18H,8-9,11-12H2,1-2H3. The van der Waals surface area contributed by atoms with Crippen LogP contribution in [0.3, 0.4) is 0 Å². The van der Waals surface area contributed by atoms with Crippen LogP contribution in [0, 0.1) is 23.7 Å². The van der Waals surface area contributed by atoms with Gasteiger partial charge in [-0.3, -0.25) is 0 Å². The third-order valence-electron chi connectivity index (χ3n) is 3.51. The fourth-order valence-electron chi connectivity index (χ4n) is 2.32. The molecule has 2 nitrogen and oxygen atoms in total. The lowest BCUT2D eigenvalue weighted by atomic mass is 10.1. The van der Waals surface area contributed by atoms with Crippen molar-refractivity contribution in [2.45, 2.75) is 19.9 Å². The van der Waals surface area contributed by atoms with Crippen LogP contribution in [0.5, 0.6) is 0 Å². The highest BCUT2D eigenvalue weighted by Crippen LogP contribution is 2.38. The largest absolute Gasteiger partial charge is 0.384 e. The maximum Gasteiger partial charge on any atom is 0.104 e. The molecule has 2 rings (SSSR count). The van der Waals surface area contributed by atoms with Gasteiger partial charge in [0, 0.05) is 18.7 Å². The lowest BCUT2D eigenvalue weighted by Gasteiger charge is -2.16. The van der Waals surface area contributed by atoms with Gasteiger partial charge >= 0.3 is 0 Å². The van der Waals surface area contributed by atoms with Gasteiger partial charge < -0.3 is 10.0 Å². The monoisotopic (exact) mass is 243 g/mol. The van der Waals surface area contributed by atoms with Gasteiger partial charge in [-0.05, 0) is 43.0 Å². The molecular formula is C16H21NO. The van der Waals surface area contributed by atoms with Crippen molar-refractivity contribution in [3.8, 4) is 11.8 Å². The second-order valence-corrected chi connectivity index (χ2v) is 5.33. The zero-order valence-electron chi connectivity index (χ0n) is 11.2. The number of aliphatic hydroxyl groups excluding tert-OH is 1. The van der Waals surface area contributed by atoms with Gasteiger partial charge in [0.05, 0.1) is 0 Å². The number of hydrogen-bond acceptors (Lipinski definition) is 2. The van der Waals surface area contributed by atoms with Gasteiger partial charge in [-0.25, -0.2) is 0 Å². The summed E-state index contributed by atoms with van der Waals surface area (Å²) >= 11 is 0. The van der Waals surface area contributed by atoms with Crippen molar-refractivity contribution in [3.05, 3.63) is 35.4 Å². The molecule has 18 heavy (non-hydrogen) atoms. The first-order chi connectivity index (χ1) is 8.69. The van der Waals surface area contributed by atoms with Crippen LogP contribution in [0.2, 0.25) is 0 Å². The molecule has 0 bridgehead atoms.